The largest absolute Gasteiger partial charge is 0.387 e. The molecule has 0 amide bonds. The number of aromatic nitrogens is 4. The van der Waals surface area contributed by atoms with Gasteiger partial charge in [-0.2, -0.15) is 8.82 Å². The third-order valence-electron chi connectivity index (χ3n) is 6.69. The van der Waals surface area contributed by atoms with Gasteiger partial charge < -0.3 is 14.9 Å². The number of anilines is 1. The van der Waals surface area contributed by atoms with Crippen molar-refractivity contribution >= 4 is 21.5 Å². The van der Waals surface area contributed by atoms with Gasteiger partial charge in [0.15, 0.2) is 11.5 Å². The topological polar surface area (TPSA) is 107 Å². The first-order valence-corrected chi connectivity index (χ1v) is 12.5. The van der Waals surface area contributed by atoms with Crippen LogP contribution in [0.2, 0.25) is 0 Å². The zero-order valence-corrected chi connectivity index (χ0v) is 18.1. The average molecular weight is 436 g/mol. The summed E-state index contributed by atoms with van der Waals surface area (Å²) in [5.74, 6) is 2.17. The zero-order chi connectivity index (χ0) is 20.9. The third-order valence-corrected chi connectivity index (χ3v) is 7.94. The fraction of sp³-hybridized carbons (Fsp3) is 0.737. The molecule has 3 aliphatic heterocycles. The van der Waals surface area contributed by atoms with Gasteiger partial charge >= 0.3 is 0 Å². The fourth-order valence-electron chi connectivity index (χ4n) is 4.76. The molecule has 164 valence electrons. The van der Waals surface area contributed by atoms with Crippen molar-refractivity contribution in [2.75, 3.05) is 57.0 Å². The summed E-state index contributed by atoms with van der Waals surface area (Å²) in [6.07, 6.45) is 4.73. The molecule has 30 heavy (non-hydrogen) atoms. The van der Waals surface area contributed by atoms with Crippen molar-refractivity contribution in [3.8, 4) is 0 Å². The van der Waals surface area contributed by atoms with E-state index in [9.17, 15) is 13.5 Å². The highest BCUT2D eigenvalue weighted by Crippen LogP contribution is 2.30. The van der Waals surface area contributed by atoms with Gasteiger partial charge in [-0.3, -0.25) is 0 Å². The Morgan fingerprint density at radius 3 is 2.53 bits per heavy atom. The van der Waals surface area contributed by atoms with E-state index < -0.39 is 15.6 Å². The quantitative estimate of drug-likeness (QED) is 0.694. The van der Waals surface area contributed by atoms with Gasteiger partial charge in [0.1, 0.15) is 5.82 Å². The van der Waals surface area contributed by atoms with Crippen molar-refractivity contribution in [1.29, 1.82) is 0 Å². The molecule has 0 saturated carbocycles. The molecule has 1 atom stereocenters. The molecule has 1 N–H and O–H groups in total. The minimum atomic E-state index is -3.25. The maximum Gasteiger partial charge on any atom is 0.211 e. The molecular weight excluding hydrogens is 406 g/mol. The van der Waals surface area contributed by atoms with E-state index in [1.807, 2.05) is 16.6 Å². The molecule has 0 bridgehead atoms. The Labute approximate surface area is 176 Å². The molecule has 0 aromatic carbocycles. The first kappa shape index (κ1) is 20.1. The summed E-state index contributed by atoms with van der Waals surface area (Å²) in [5, 5.41) is 24.4. The molecule has 3 fully saturated rings. The number of hydrogen-bond acceptors (Lipinski definition) is 8. The van der Waals surface area contributed by atoms with E-state index in [0.29, 0.717) is 19.5 Å². The number of likely N-dealkylation sites (tertiary alicyclic amines) is 1. The van der Waals surface area contributed by atoms with Crippen LogP contribution in [0, 0.1) is 0 Å². The van der Waals surface area contributed by atoms with E-state index in [4.69, 9.17) is 5.10 Å². The minimum absolute atomic E-state index is 0.184. The summed E-state index contributed by atoms with van der Waals surface area (Å²) in [6, 6.07) is 3.99. The highest BCUT2D eigenvalue weighted by molar-refractivity contribution is 7.88. The van der Waals surface area contributed by atoms with Crippen molar-refractivity contribution in [1.82, 2.24) is 29.0 Å². The van der Waals surface area contributed by atoms with Crippen molar-refractivity contribution in [3.05, 3.63) is 18.0 Å². The number of fused-ring (bicyclic) bond motifs is 1. The van der Waals surface area contributed by atoms with Crippen LogP contribution in [-0.4, -0.2) is 100 Å². The summed E-state index contributed by atoms with van der Waals surface area (Å²) in [7, 11) is -3.25. The maximum absolute atomic E-state index is 11.8. The minimum Gasteiger partial charge on any atom is -0.387 e. The van der Waals surface area contributed by atoms with Gasteiger partial charge in [0.2, 0.25) is 10.0 Å². The third kappa shape index (κ3) is 3.79. The van der Waals surface area contributed by atoms with Gasteiger partial charge in [-0.05, 0) is 50.9 Å². The average Bonchev–Trinajstić information content (AvgIpc) is 3.24. The van der Waals surface area contributed by atoms with E-state index >= 15 is 0 Å². The van der Waals surface area contributed by atoms with Crippen molar-refractivity contribution < 1.29 is 13.5 Å². The van der Waals surface area contributed by atoms with Gasteiger partial charge in [0, 0.05) is 38.6 Å². The Bertz CT molecular complexity index is 1030. The molecule has 0 radical (unpaired) electrons. The Balaban J connectivity index is 1.23. The van der Waals surface area contributed by atoms with E-state index in [-0.39, 0.29) is 12.5 Å². The Hall–Kier alpha value is -1.82. The maximum atomic E-state index is 11.8. The van der Waals surface area contributed by atoms with Crippen molar-refractivity contribution in [3.63, 3.8) is 0 Å². The van der Waals surface area contributed by atoms with Gasteiger partial charge in [-0.1, -0.05) is 0 Å². The molecule has 11 heteroatoms. The number of nitrogens with zero attached hydrogens (tertiary/aromatic N) is 7. The molecule has 2 aromatic heterocycles. The van der Waals surface area contributed by atoms with E-state index in [1.54, 1.807) is 0 Å². The van der Waals surface area contributed by atoms with Crippen LogP contribution in [0.1, 0.15) is 37.4 Å². The number of hydrogen-bond donors (Lipinski definition) is 1. The predicted octanol–water partition coefficient (Wildman–Crippen LogP) is -0.0898. The van der Waals surface area contributed by atoms with E-state index in [2.05, 4.69) is 20.0 Å². The highest BCUT2D eigenvalue weighted by Gasteiger charge is 2.41. The van der Waals surface area contributed by atoms with Crippen LogP contribution >= 0.6 is 0 Å². The first-order chi connectivity index (χ1) is 14.3. The standard InChI is InChI=1S/C19H29N7O3S/c1-30(28,29)25-12-7-19(27,14-25)13-23-10-5-15(6-11-23)18-21-20-16-3-4-17(22-26(16)18)24-8-2-9-24/h3-4,15,27H,2,5-14H2,1H3. The number of sulfonamides is 1. The summed E-state index contributed by atoms with van der Waals surface area (Å²) < 4.78 is 26.8. The number of β-amino-alcohol motifs (C(OH)–C–C–N with tert-alkyl or cyclic N) is 1. The van der Waals surface area contributed by atoms with Gasteiger partial charge in [-0.15, -0.1) is 15.3 Å². The first-order valence-electron chi connectivity index (χ1n) is 10.7. The van der Waals surface area contributed by atoms with Crippen LogP contribution in [0.25, 0.3) is 5.65 Å². The molecule has 5 rings (SSSR count). The van der Waals surface area contributed by atoms with Crippen LogP contribution in [0.4, 0.5) is 5.82 Å². The molecule has 3 saturated heterocycles. The number of aliphatic hydroxyl groups is 1. The van der Waals surface area contributed by atoms with Gasteiger partial charge in [-0.25, -0.2) is 8.42 Å². The highest BCUT2D eigenvalue weighted by atomic mass is 32.2. The lowest BCUT2D eigenvalue weighted by Gasteiger charge is -2.36. The molecule has 3 aliphatic rings. The van der Waals surface area contributed by atoms with Crippen LogP contribution in [0.15, 0.2) is 12.1 Å². The van der Waals surface area contributed by atoms with Crippen LogP contribution in [0.5, 0.6) is 0 Å². The second kappa shape index (κ2) is 7.40. The van der Waals surface area contributed by atoms with Crippen LogP contribution in [0.3, 0.4) is 0 Å². The second-order valence-corrected chi connectivity index (χ2v) is 11.0. The molecule has 10 nitrogen and oxygen atoms in total. The lowest BCUT2D eigenvalue weighted by Crippen LogP contribution is -2.48. The molecule has 2 aromatic rings. The normalized spacial score (nSPS) is 27.1. The van der Waals surface area contributed by atoms with E-state index in [1.165, 1.54) is 17.0 Å². The lowest BCUT2D eigenvalue weighted by molar-refractivity contribution is 0.00960. The summed E-state index contributed by atoms with van der Waals surface area (Å²) in [5.41, 5.74) is -0.191. The molecule has 0 aliphatic carbocycles. The lowest BCUT2D eigenvalue weighted by atomic mass is 9.94. The smallest absolute Gasteiger partial charge is 0.211 e. The molecule has 5 heterocycles. The van der Waals surface area contributed by atoms with Gasteiger partial charge in [0.05, 0.1) is 11.9 Å². The van der Waals surface area contributed by atoms with Gasteiger partial charge in [0.25, 0.3) is 0 Å². The molecule has 0 spiro atoms. The molecule has 1 unspecified atom stereocenters. The Kier molecular flexibility index (Phi) is 4.96. The van der Waals surface area contributed by atoms with Crippen molar-refractivity contribution in [2.24, 2.45) is 0 Å². The van der Waals surface area contributed by atoms with Crippen LogP contribution < -0.4 is 4.90 Å². The summed E-state index contributed by atoms with van der Waals surface area (Å²) in [6.45, 7) is 4.86. The number of piperidine rings is 1. The monoisotopic (exact) mass is 435 g/mol. The Morgan fingerprint density at radius 1 is 1.13 bits per heavy atom. The van der Waals surface area contributed by atoms with Crippen molar-refractivity contribution in [2.45, 2.75) is 37.2 Å². The predicted molar refractivity (Wildman–Crippen MR) is 112 cm³/mol. The second-order valence-electron chi connectivity index (χ2n) is 8.98. The summed E-state index contributed by atoms with van der Waals surface area (Å²) in [4.78, 5) is 4.50. The summed E-state index contributed by atoms with van der Waals surface area (Å²) >= 11 is 0. The zero-order valence-electron chi connectivity index (χ0n) is 17.3. The number of rotatable bonds is 5. The van der Waals surface area contributed by atoms with E-state index in [0.717, 1.165) is 56.3 Å². The van der Waals surface area contributed by atoms with Crippen LogP contribution in [-0.2, 0) is 10.0 Å². The fourth-order valence-corrected chi connectivity index (χ4v) is 5.66. The SMILES string of the molecule is CS(=O)(=O)N1CCC(O)(CN2CCC(c3nnc4ccc(N5CCC5)nn34)CC2)C1. The Morgan fingerprint density at radius 2 is 1.90 bits per heavy atom. The molecular formula is C19H29N7O3S.